The lowest BCUT2D eigenvalue weighted by molar-refractivity contribution is -0.111. The number of anilines is 1. The molecule has 3 aromatic carbocycles. The fourth-order valence-corrected chi connectivity index (χ4v) is 3.46. The molecule has 0 radical (unpaired) electrons. The Balaban J connectivity index is 1.85. The maximum absolute atomic E-state index is 12.7. The highest BCUT2D eigenvalue weighted by molar-refractivity contribution is 6.03. The molecule has 0 fully saturated rings. The van der Waals surface area contributed by atoms with E-state index < -0.39 is 0 Å². The summed E-state index contributed by atoms with van der Waals surface area (Å²) >= 11 is 0. The number of rotatable bonds is 10. The Bertz CT molecular complexity index is 1260. The molecule has 0 heterocycles. The SMILES string of the molecule is COc1ccc(C=Cc2cc(OC)c(OC)c(OC)c2)c(NC(=O)/C=C/c2ccc(OC)c(O)c2)c1. The average molecular weight is 492 g/mol. The van der Waals surface area contributed by atoms with E-state index in [9.17, 15) is 9.90 Å². The van der Waals surface area contributed by atoms with E-state index in [1.807, 2.05) is 30.4 Å². The van der Waals surface area contributed by atoms with Crippen molar-refractivity contribution in [1.82, 2.24) is 0 Å². The van der Waals surface area contributed by atoms with Crippen LogP contribution in [0.4, 0.5) is 5.69 Å². The fraction of sp³-hybridized carbons (Fsp3) is 0.179. The van der Waals surface area contributed by atoms with Crippen molar-refractivity contribution in [3.8, 4) is 34.5 Å². The molecule has 3 rings (SSSR count). The summed E-state index contributed by atoms with van der Waals surface area (Å²) in [7, 11) is 7.70. The van der Waals surface area contributed by atoms with E-state index in [-0.39, 0.29) is 11.7 Å². The number of phenols is 1. The zero-order chi connectivity index (χ0) is 26.1. The fourth-order valence-electron chi connectivity index (χ4n) is 3.46. The second-order valence-electron chi connectivity index (χ2n) is 7.50. The molecule has 0 aliphatic rings. The normalized spacial score (nSPS) is 10.9. The monoisotopic (exact) mass is 491 g/mol. The number of carbonyl (C=O) groups excluding carboxylic acids is 1. The lowest BCUT2D eigenvalue weighted by Gasteiger charge is -2.13. The Kier molecular flexibility index (Phi) is 8.83. The number of ether oxygens (including phenoxy) is 5. The van der Waals surface area contributed by atoms with Crippen LogP contribution in [0.5, 0.6) is 34.5 Å². The van der Waals surface area contributed by atoms with Crippen LogP contribution in [-0.2, 0) is 4.79 Å². The molecule has 0 bridgehead atoms. The summed E-state index contributed by atoms with van der Waals surface area (Å²) in [6.45, 7) is 0. The van der Waals surface area contributed by atoms with Gasteiger partial charge in [0.2, 0.25) is 11.7 Å². The summed E-state index contributed by atoms with van der Waals surface area (Å²) < 4.78 is 26.6. The Morgan fingerprint density at radius 1 is 0.722 bits per heavy atom. The van der Waals surface area contributed by atoms with Gasteiger partial charge in [0.25, 0.3) is 0 Å². The number of carbonyl (C=O) groups is 1. The maximum atomic E-state index is 12.7. The third-order valence-electron chi connectivity index (χ3n) is 5.29. The number of amides is 1. The van der Waals surface area contributed by atoms with E-state index in [0.717, 1.165) is 11.1 Å². The quantitative estimate of drug-likeness (QED) is 0.295. The molecule has 0 aromatic heterocycles. The van der Waals surface area contributed by atoms with Gasteiger partial charge in [-0.2, -0.15) is 0 Å². The molecule has 0 aliphatic carbocycles. The van der Waals surface area contributed by atoms with Crippen molar-refractivity contribution in [2.45, 2.75) is 0 Å². The highest BCUT2D eigenvalue weighted by atomic mass is 16.5. The molecule has 36 heavy (non-hydrogen) atoms. The highest BCUT2D eigenvalue weighted by Gasteiger charge is 2.12. The molecule has 2 N–H and O–H groups in total. The Morgan fingerprint density at radius 2 is 1.42 bits per heavy atom. The van der Waals surface area contributed by atoms with E-state index in [4.69, 9.17) is 23.7 Å². The van der Waals surface area contributed by atoms with Crippen molar-refractivity contribution in [2.24, 2.45) is 0 Å². The molecular weight excluding hydrogens is 462 g/mol. The van der Waals surface area contributed by atoms with E-state index in [1.165, 1.54) is 19.3 Å². The van der Waals surface area contributed by atoms with E-state index in [0.29, 0.717) is 40.0 Å². The lowest BCUT2D eigenvalue weighted by atomic mass is 10.1. The molecule has 3 aromatic rings. The molecule has 0 unspecified atom stereocenters. The number of hydrogen-bond acceptors (Lipinski definition) is 7. The minimum absolute atomic E-state index is 0.00734. The molecule has 1 amide bonds. The zero-order valence-corrected chi connectivity index (χ0v) is 20.8. The van der Waals surface area contributed by atoms with Crippen LogP contribution in [0.25, 0.3) is 18.2 Å². The van der Waals surface area contributed by atoms with Gasteiger partial charge in [-0.15, -0.1) is 0 Å². The number of benzene rings is 3. The molecule has 0 aliphatic heterocycles. The van der Waals surface area contributed by atoms with Crippen molar-refractivity contribution >= 4 is 29.8 Å². The molecule has 0 atom stereocenters. The van der Waals surface area contributed by atoms with Gasteiger partial charge in [-0.3, -0.25) is 4.79 Å². The standard InChI is InChI=1S/C28H29NO7/c1-32-21-11-10-20(9-6-19-15-25(34-3)28(36-5)26(16-19)35-4)22(17-21)29-27(31)13-8-18-7-12-24(33-2)23(30)14-18/h6-17,30H,1-5H3,(H,29,31)/b9-6?,13-8+. The third-order valence-corrected chi connectivity index (χ3v) is 5.29. The molecule has 0 saturated carbocycles. The van der Waals surface area contributed by atoms with Crippen LogP contribution < -0.4 is 29.0 Å². The summed E-state index contributed by atoms with van der Waals surface area (Å²) in [4.78, 5) is 12.7. The van der Waals surface area contributed by atoms with E-state index in [1.54, 1.807) is 58.8 Å². The van der Waals surface area contributed by atoms with Crippen LogP contribution in [0.1, 0.15) is 16.7 Å². The number of phenolic OH excluding ortho intramolecular Hbond substituents is 1. The van der Waals surface area contributed by atoms with Crippen LogP contribution in [0.15, 0.2) is 54.6 Å². The van der Waals surface area contributed by atoms with Crippen molar-refractivity contribution < 1.29 is 33.6 Å². The summed E-state index contributed by atoms with van der Waals surface area (Å²) in [5.74, 6) is 2.18. The van der Waals surface area contributed by atoms with Crippen molar-refractivity contribution in [1.29, 1.82) is 0 Å². The molecule has 0 spiro atoms. The average Bonchev–Trinajstić information content (AvgIpc) is 2.90. The Hall–Kier alpha value is -4.59. The largest absolute Gasteiger partial charge is 0.504 e. The van der Waals surface area contributed by atoms with E-state index >= 15 is 0 Å². The smallest absolute Gasteiger partial charge is 0.248 e. The first-order chi connectivity index (χ1) is 17.4. The molecule has 0 saturated heterocycles. The van der Waals surface area contributed by atoms with Crippen LogP contribution in [-0.4, -0.2) is 46.6 Å². The zero-order valence-electron chi connectivity index (χ0n) is 20.8. The van der Waals surface area contributed by atoms with Crippen molar-refractivity contribution in [2.75, 3.05) is 40.9 Å². The van der Waals surface area contributed by atoms with Crippen molar-refractivity contribution in [3.63, 3.8) is 0 Å². The molecular formula is C28H29NO7. The third kappa shape index (κ3) is 6.29. The van der Waals surface area contributed by atoms with Gasteiger partial charge < -0.3 is 34.1 Å². The highest BCUT2D eigenvalue weighted by Crippen LogP contribution is 2.39. The molecule has 8 nitrogen and oxygen atoms in total. The van der Waals surface area contributed by atoms with Gasteiger partial charge in [0, 0.05) is 12.1 Å². The molecule has 188 valence electrons. The Labute approximate surface area is 210 Å². The van der Waals surface area contributed by atoms with Gasteiger partial charge in [-0.05, 0) is 59.2 Å². The second kappa shape index (κ2) is 12.2. The predicted octanol–water partition coefficient (Wildman–Crippen LogP) is 5.26. The minimum Gasteiger partial charge on any atom is -0.504 e. The first-order valence-corrected chi connectivity index (χ1v) is 10.9. The summed E-state index contributed by atoms with van der Waals surface area (Å²) in [5, 5.41) is 12.8. The lowest BCUT2D eigenvalue weighted by Crippen LogP contribution is -2.09. The maximum Gasteiger partial charge on any atom is 0.248 e. The molecule has 8 heteroatoms. The first-order valence-electron chi connectivity index (χ1n) is 10.9. The van der Waals surface area contributed by atoms with Crippen LogP contribution in [0, 0.1) is 0 Å². The summed E-state index contributed by atoms with van der Waals surface area (Å²) in [6, 6.07) is 13.9. The van der Waals surface area contributed by atoms with Gasteiger partial charge in [-0.1, -0.05) is 18.2 Å². The predicted molar refractivity (Wildman–Crippen MR) is 140 cm³/mol. The number of nitrogens with one attached hydrogen (secondary N) is 1. The topological polar surface area (TPSA) is 95.5 Å². The minimum atomic E-state index is -0.346. The van der Waals surface area contributed by atoms with Crippen LogP contribution >= 0.6 is 0 Å². The van der Waals surface area contributed by atoms with Gasteiger partial charge >= 0.3 is 0 Å². The van der Waals surface area contributed by atoms with Gasteiger partial charge in [0.1, 0.15) is 5.75 Å². The van der Waals surface area contributed by atoms with E-state index in [2.05, 4.69) is 5.32 Å². The van der Waals surface area contributed by atoms with Crippen LogP contribution in [0.3, 0.4) is 0 Å². The number of aromatic hydroxyl groups is 1. The summed E-state index contributed by atoms with van der Waals surface area (Å²) in [6.07, 6.45) is 6.71. The number of hydrogen-bond donors (Lipinski definition) is 2. The first kappa shape index (κ1) is 26.0. The van der Waals surface area contributed by atoms with Gasteiger partial charge in [0.15, 0.2) is 23.0 Å². The number of methoxy groups -OCH3 is 5. The van der Waals surface area contributed by atoms with Gasteiger partial charge in [-0.25, -0.2) is 0 Å². The second-order valence-corrected chi connectivity index (χ2v) is 7.50. The Morgan fingerprint density at radius 3 is 2.00 bits per heavy atom. The van der Waals surface area contributed by atoms with Crippen molar-refractivity contribution in [3.05, 3.63) is 71.3 Å². The van der Waals surface area contributed by atoms with Gasteiger partial charge in [0.05, 0.1) is 41.2 Å². The van der Waals surface area contributed by atoms with Crippen LogP contribution in [0.2, 0.25) is 0 Å². The summed E-state index contributed by atoms with van der Waals surface area (Å²) in [5.41, 5.74) is 2.78.